The highest BCUT2D eigenvalue weighted by molar-refractivity contribution is 6.13. The van der Waals surface area contributed by atoms with Gasteiger partial charge in [-0.3, -0.25) is 0 Å². The molecule has 0 radical (unpaired) electrons. The molecule has 2 heteroatoms. The Morgan fingerprint density at radius 1 is 0.250 bits per heavy atom. The van der Waals surface area contributed by atoms with Crippen LogP contribution < -0.4 is 0 Å². The van der Waals surface area contributed by atoms with Crippen molar-refractivity contribution in [3.05, 3.63) is 241 Å². The van der Waals surface area contributed by atoms with Crippen LogP contribution in [0.4, 0.5) is 0 Å². The van der Waals surface area contributed by atoms with Gasteiger partial charge in [-0.25, -0.2) is 0 Å². The van der Waals surface area contributed by atoms with E-state index in [1.54, 1.807) is 0 Å². The molecule has 0 aliphatic heterocycles. The third-order valence-electron chi connectivity index (χ3n) is 15.7. The summed E-state index contributed by atoms with van der Waals surface area (Å²) in [6.07, 6.45) is 0. The van der Waals surface area contributed by atoms with Gasteiger partial charge in [0.15, 0.2) is 0 Å². The molecular weight excluding hydrogens is 821 g/mol. The normalized spacial score (nSPS) is 14.1. The van der Waals surface area contributed by atoms with E-state index in [1.807, 2.05) is 0 Å². The van der Waals surface area contributed by atoms with Crippen LogP contribution in [0.5, 0.6) is 0 Å². The average Bonchev–Trinajstić information content (AvgIpc) is 4.04. The Morgan fingerprint density at radius 2 is 0.632 bits per heavy atom. The van der Waals surface area contributed by atoms with E-state index in [-0.39, 0.29) is 10.8 Å². The Kier molecular flexibility index (Phi) is 8.12. The van der Waals surface area contributed by atoms with E-state index in [4.69, 9.17) is 0 Å². The summed E-state index contributed by atoms with van der Waals surface area (Å²) in [7, 11) is 0. The van der Waals surface area contributed by atoms with Gasteiger partial charge in [0.05, 0.1) is 22.1 Å². The zero-order valence-electron chi connectivity index (χ0n) is 38.7. The second kappa shape index (κ2) is 14.2. The topological polar surface area (TPSA) is 9.86 Å². The smallest absolute Gasteiger partial charge is 0.0541 e. The molecule has 2 aliphatic rings. The van der Waals surface area contributed by atoms with Crippen molar-refractivity contribution >= 4 is 43.6 Å². The molecule has 2 heterocycles. The van der Waals surface area contributed by atoms with Crippen LogP contribution >= 0.6 is 0 Å². The van der Waals surface area contributed by atoms with Crippen LogP contribution in [0, 0.1) is 0 Å². The summed E-state index contributed by atoms with van der Waals surface area (Å²) >= 11 is 0. The predicted molar refractivity (Wildman–Crippen MR) is 287 cm³/mol. The third kappa shape index (κ3) is 5.52. The summed E-state index contributed by atoms with van der Waals surface area (Å²) in [6, 6.07) is 81.8. The lowest BCUT2D eigenvalue weighted by Gasteiger charge is -2.22. The van der Waals surface area contributed by atoms with E-state index < -0.39 is 0 Å². The zero-order chi connectivity index (χ0) is 45.5. The summed E-state index contributed by atoms with van der Waals surface area (Å²) in [6.45, 7) is 9.46. The summed E-state index contributed by atoms with van der Waals surface area (Å²) in [5.74, 6) is 0. The fourth-order valence-corrected chi connectivity index (χ4v) is 12.2. The van der Waals surface area contributed by atoms with Crippen molar-refractivity contribution in [2.24, 2.45) is 0 Å². The Hall–Kier alpha value is -8.20. The van der Waals surface area contributed by atoms with E-state index in [0.29, 0.717) is 0 Å². The quantitative estimate of drug-likeness (QED) is 0.163. The molecule has 10 aromatic carbocycles. The van der Waals surface area contributed by atoms with Crippen molar-refractivity contribution < 1.29 is 0 Å². The highest BCUT2D eigenvalue weighted by atomic mass is 15.0. The van der Waals surface area contributed by atoms with Crippen molar-refractivity contribution in [1.82, 2.24) is 9.13 Å². The molecule has 2 nitrogen and oxygen atoms in total. The largest absolute Gasteiger partial charge is 0.309 e. The molecule has 0 saturated carbocycles. The lowest BCUT2D eigenvalue weighted by Crippen LogP contribution is -2.15. The van der Waals surface area contributed by atoms with Gasteiger partial charge in [0, 0.05) is 43.7 Å². The van der Waals surface area contributed by atoms with E-state index in [0.717, 1.165) is 5.69 Å². The zero-order valence-corrected chi connectivity index (χ0v) is 38.7. The minimum Gasteiger partial charge on any atom is -0.309 e. The molecule has 0 unspecified atom stereocenters. The Morgan fingerprint density at radius 3 is 1.24 bits per heavy atom. The Bertz CT molecular complexity index is 4060. The van der Waals surface area contributed by atoms with Crippen molar-refractivity contribution in [2.45, 2.75) is 38.5 Å². The van der Waals surface area contributed by atoms with E-state index >= 15 is 0 Å². The van der Waals surface area contributed by atoms with E-state index in [2.05, 4.69) is 255 Å². The van der Waals surface area contributed by atoms with Crippen LogP contribution in [0.1, 0.15) is 49.9 Å². The number of benzene rings is 10. The molecule has 14 rings (SSSR count). The lowest BCUT2D eigenvalue weighted by atomic mass is 9.81. The summed E-state index contributed by atoms with van der Waals surface area (Å²) < 4.78 is 4.91. The molecule has 0 fully saturated rings. The average molecular weight is 869 g/mol. The number of nitrogens with zero attached hydrogens (tertiary/aromatic N) is 2. The van der Waals surface area contributed by atoms with Crippen molar-refractivity contribution in [3.63, 3.8) is 0 Å². The molecule has 322 valence electrons. The van der Waals surface area contributed by atoms with Gasteiger partial charge < -0.3 is 9.13 Å². The Labute approximate surface area is 397 Å². The third-order valence-corrected chi connectivity index (χ3v) is 15.7. The Balaban J connectivity index is 0.924. The van der Waals surface area contributed by atoms with Crippen LogP contribution in [0.3, 0.4) is 0 Å². The van der Waals surface area contributed by atoms with Crippen LogP contribution in [0.15, 0.2) is 218 Å². The van der Waals surface area contributed by atoms with E-state index in [9.17, 15) is 0 Å². The first kappa shape index (κ1) is 39.0. The van der Waals surface area contributed by atoms with Gasteiger partial charge in [-0.15, -0.1) is 0 Å². The summed E-state index contributed by atoms with van der Waals surface area (Å²) in [5, 5.41) is 5.00. The maximum Gasteiger partial charge on any atom is 0.0541 e. The van der Waals surface area contributed by atoms with Crippen molar-refractivity contribution in [2.75, 3.05) is 0 Å². The molecule has 2 aliphatic carbocycles. The second-order valence-electron chi connectivity index (χ2n) is 20.1. The first-order chi connectivity index (χ1) is 33.2. The molecule has 0 spiro atoms. The first-order valence-electron chi connectivity index (χ1n) is 24.0. The van der Waals surface area contributed by atoms with Crippen LogP contribution in [0.2, 0.25) is 0 Å². The van der Waals surface area contributed by atoms with E-state index in [1.165, 1.54) is 127 Å². The molecule has 0 bridgehead atoms. The highest BCUT2D eigenvalue weighted by Crippen LogP contribution is 2.51. The van der Waals surface area contributed by atoms with Gasteiger partial charge in [0.25, 0.3) is 0 Å². The maximum atomic E-state index is 2.47. The monoisotopic (exact) mass is 868 g/mol. The number of rotatable bonds is 5. The molecule has 0 amide bonds. The van der Waals surface area contributed by atoms with Crippen molar-refractivity contribution in [1.29, 1.82) is 0 Å². The summed E-state index contributed by atoms with van der Waals surface area (Å²) in [4.78, 5) is 0. The van der Waals surface area contributed by atoms with Crippen molar-refractivity contribution in [3.8, 4) is 67.0 Å². The fourth-order valence-electron chi connectivity index (χ4n) is 12.2. The molecule has 0 saturated heterocycles. The number of hydrogen-bond acceptors (Lipinski definition) is 0. The number of fused-ring (bicyclic) bond motifs is 12. The minimum absolute atomic E-state index is 0.0685. The molecular formula is C66H48N2. The molecule has 68 heavy (non-hydrogen) atoms. The minimum atomic E-state index is -0.0767. The van der Waals surface area contributed by atoms with Gasteiger partial charge in [0.2, 0.25) is 0 Å². The second-order valence-corrected chi connectivity index (χ2v) is 20.1. The van der Waals surface area contributed by atoms with Gasteiger partial charge in [0.1, 0.15) is 0 Å². The maximum absolute atomic E-state index is 2.47. The van der Waals surface area contributed by atoms with Crippen LogP contribution in [-0.2, 0) is 10.8 Å². The molecule has 12 aromatic rings. The van der Waals surface area contributed by atoms with Gasteiger partial charge in [-0.2, -0.15) is 0 Å². The van der Waals surface area contributed by atoms with Crippen LogP contribution in [0.25, 0.3) is 111 Å². The highest BCUT2D eigenvalue weighted by Gasteiger charge is 2.36. The first-order valence-corrected chi connectivity index (χ1v) is 24.0. The van der Waals surface area contributed by atoms with Gasteiger partial charge in [-0.1, -0.05) is 173 Å². The van der Waals surface area contributed by atoms with Gasteiger partial charge >= 0.3 is 0 Å². The van der Waals surface area contributed by atoms with Gasteiger partial charge in [-0.05, 0) is 151 Å². The molecule has 0 N–H and O–H groups in total. The standard InChI is InChI=1S/C66H48N2/c1-65(2)57-19-11-8-16-49(57)51-31-24-46(39-59(51)65)45-27-35-64-56(38-45)55-37-44(26-34-63(55)67(64)47-28-22-42(23-29-47)41-14-6-5-7-15-41)43-25-33-62-54(36-43)53-18-10-13-21-61(53)68(62)48-30-32-52-50-17-9-12-20-58(50)66(3,4)60(52)40-48/h5-40H,1-4H3. The fraction of sp³-hybridized carbons (Fsp3) is 0.0909. The number of para-hydroxylation sites is 1. The molecule has 2 aromatic heterocycles. The SMILES string of the molecule is CC1(C)c2ccccc2-c2ccc(-c3ccc4c(c3)c3cc(-c5ccc6c(c5)c5ccccc5n6-c5ccc6c(c5)C(C)(C)c5ccccc5-6)ccc3n4-c3ccc(-c4ccccc4)cc3)cc21. The predicted octanol–water partition coefficient (Wildman–Crippen LogP) is 17.5. The number of hydrogen-bond donors (Lipinski definition) is 0. The molecule has 0 atom stereocenters. The van der Waals surface area contributed by atoms with Crippen LogP contribution in [-0.4, -0.2) is 9.13 Å². The summed E-state index contributed by atoms with van der Waals surface area (Å²) in [5.41, 5.74) is 25.3. The number of aromatic nitrogens is 2. The lowest BCUT2D eigenvalue weighted by molar-refractivity contribution is 0.660.